The molecular weight excluding hydrogens is 228 g/mol. The van der Waals surface area contributed by atoms with E-state index in [1.165, 1.54) is 40.2 Å². The summed E-state index contributed by atoms with van der Waals surface area (Å²) in [5, 5.41) is 4.79. The molecule has 1 aromatic carbocycles. The normalized spacial score (nSPS) is 20.9. The second kappa shape index (κ2) is 4.75. The van der Waals surface area contributed by atoms with Crippen LogP contribution in [0.15, 0.2) is 18.2 Å². The largest absolute Gasteiger partial charge is 0.316 e. The Morgan fingerprint density at radius 2 is 2.41 bits per heavy atom. The lowest BCUT2D eigenvalue weighted by molar-refractivity contribution is 0.461. The Labute approximate surface area is 106 Å². The number of piperidine rings is 1. The Morgan fingerprint density at radius 1 is 1.47 bits per heavy atom. The molecule has 0 radical (unpaired) electrons. The van der Waals surface area contributed by atoms with Crippen LogP contribution in [0.2, 0.25) is 0 Å². The molecule has 1 aliphatic heterocycles. The molecule has 1 N–H and O–H groups in total. The summed E-state index contributed by atoms with van der Waals surface area (Å²) in [7, 11) is 0. The van der Waals surface area contributed by atoms with Crippen molar-refractivity contribution in [1.82, 2.24) is 10.3 Å². The molecule has 2 heterocycles. The van der Waals surface area contributed by atoms with Crippen molar-refractivity contribution in [3.8, 4) is 0 Å². The topological polar surface area (TPSA) is 24.9 Å². The Balaban J connectivity index is 1.95. The molecule has 1 fully saturated rings. The highest BCUT2D eigenvalue weighted by atomic mass is 32.1. The van der Waals surface area contributed by atoms with E-state index in [-0.39, 0.29) is 0 Å². The molecule has 2 nitrogen and oxygen atoms in total. The molecule has 3 heteroatoms. The predicted octanol–water partition coefficient (Wildman–Crippen LogP) is 3.33. The van der Waals surface area contributed by atoms with Gasteiger partial charge in [-0.3, -0.25) is 0 Å². The Hall–Kier alpha value is -0.930. The van der Waals surface area contributed by atoms with E-state index in [2.05, 4.69) is 30.4 Å². The van der Waals surface area contributed by atoms with Gasteiger partial charge >= 0.3 is 0 Å². The van der Waals surface area contributed by atoms with E-state index >= 15 is 0 Å². The maximum absolute atomic E-state index is 4.79. The van der Waals surface area contributed by atoms with Gasteiger partial charge in [0.2, 0.25) is 0 Å². The van der Waals surface area contributed by atoms with E-state index in [4.69, 9.17) is 4.98 Å². The number of hydrogen-bond donors (Lipinski definition) is 1. The third kappa shape index (κ3) is 2.22. The summed E-state index contributed by atoms with van der Waals surface area (Å²) in [5.74, 6) is 0.631. The van der Waals surface area contributed by atoms with Gasteiger partial charge in [0.15, 0.2) is 0 Å². The minimum Gasteiger partial charge on any atom is -0.316 e. The number of benzene rings is 1. The van der Waals surface area contributed by atoms with Crippen LogP contribution >= 0.6 is 11.3 Å². The predicted molar refractivity (Wildman–Crippen MR) is 73.8 cm³/mol. The van der Waals surface area contributed by atoms with Crippen LogP contribution in [-0.4, -0.2) is 18.1 Å². The van der Waals surface area contributed by atoms with Gasteiger partial charge in [0, 0.05) is 12.5 Å². The molecular formula is C14H18N2S. The number of rotatable bonds is 2. The van der Waals surface area contributed by atoms with Crippen LogP contribution in [0.1, 0.15) is 36.3 Å². The van der Waals surface area contributed by atoms with Crippen LogP contribution in [0.25, 0.3) is 10.2 Å². The fourth-order valence-electron chi connectivity index (χ4n) is 2.44. The summed E-state index contributed by atoms with van der Waals surface area (Å²) in [5.41, 5.74) is 2.59. The highest BCUT2D eigenvalue weighted by Gasteiger charge is 2.18. The van der Waals surface area contributed by atoms with Gasteiger partial charge in [0.1, 0.15) is 0 Å². The molecule has 1 aliphatic rings. The summed E-state index contributed by atoms with van der Waals surface area (Å²) in [6.45, 7) is 4.47. The standard InChI is InChI=1S/C14H18N2S/c1-2-10-5-6-12-13(8-10)17-14(16-12)11-4-3-7-15-9-11/h5-6,8,11,15H,2-4,7,9H2,1H3. The van der Waals surface area contributed by atoms with E-state index in [9.17, 15) is 0 Å². The molecule has 0 saturated carbocycles. The summed E-state index contributed by atoms with van der Waals surface area (Å²) in [4.78, 5) is 4.79. The number of nitrogens with one attached hydrogen (secondary N) is 1. The molecule has 3 rings (SSSR count). The molecule has 2 aromatic rings. The first kappa shape index (κ1) is 11.2. The van der Waals surface area contributed by atoms with Gasteiger partial charge in [-0.25, -0.2) is 4.98 Å². The minimum absolute atomic E-state index is 0.631. The van der Waals surface area contributed by atoms with Crippen LogP contribution < -0.4 is 5.32 Å². The molecule has 17 heavy (non-hydrogen) atoms. The van der Waals surface area contributed by atoms with Crippen LogP contribution in [0.5, 0.6) is 0 Å². The molecule has 1 saturated heterocycles. The van der Waals surface area contributed by atoms with Gasteiger partial charge < -0.3 is 5.32 Å². The molecule has 90 valence electrons. The van der Waals surface area contributed by atoms with Crippen LogP contribution in [0.3, 0.4) is 0 Å². The fourth-order valence-corrected chi connectivity index (χ4v) is 3.61. The van der Waals surface area contributed by atoms with Crippen molar-refractivity contribution in [2.45, 2.75) is 32.1 Å². The van der Waals surface area contributed by atoms with Crippen molar-refractivity contribution in [1.29, 1.82) is 0 Å². The van der Waals surface area contributed by atoms with Gasteiger partial charge in [-0.05, 0) is 43.5 Å². The first-order chi connectivity index (χ1) is 8.36. The lowest BCUT2D eigenvalue weighted by atomic mass is 10.0. The number of fused-ring (bicyclic) bond motifs is 1. The zero-order valence-corrected chi connectivity index (χ0v) is 11.0. The second-order valence-corrected chi connectivity index (χ2v) is 5.81. The average molecular weight is 246 g/mol. The van der Waals surface area contributed by atoms with E-state index < -0.39 is 0 Å². The first-order valence-electron chi connectivity index (χ1n) is 6.47. The zero-order chi connectivity index (χ0) is 11.7. The maximum atomic E-state index is 4.79. The van der Waals surface area contributed by atoms with Crippen molar-refractivity contribution in [2.24, 2.45) is 0 Å². The van der Waals surface area contributed by atoms with Crippen LogP contribution in [-0.2, 0) is 6.42 Å². The summed E-state index contributed by atoms with van der Waals surface area (Å²) < 4.78 is 1.35. The third-order valence-electron chi connectivity index (χ3n) is 3.52. The van der Waals surface area contributed by atoms with E-state index in [0.29, 0.717) is 5.92 Å². The molecule has 1 aromatic heterocycles. The summed E-state index contributed by atoms with van der Waals surface area (Å²) in [6.07, 6.45) is 3.67. The fraction of sp³-hybridized carbons (Fsp3) is 0.500. The van der Waals surface area contributed by atoms with E-state index in [0.717, 1.165) is 13.0 Å². The zero-order valence-electron chi connectivity index (χ0n) is 10.2. The Kier molecular flexibility index (Phi) is 3.12. The van der Waals surface area contributed by atoms with Crippen molar-refractivity contribution in [2.75, 3.05) is 13.1 Å². The monoisotopic (exact) mass is 246 g/mol. The Morgan fingerprint density at radius 3 is 3.18 bits per heavy atom. The third-order valence-corrected chi connectivity index (χ3v) is 4.70. The quantitative estimate of drug-likeness (QED) is 0.879. The lowest BCUT2D eigenvalue weighted by Crippen LogP contribution is -2.28. The van der Waals surface area contributed by atoms with E-state index in [1.807, 2.05) is 11.3 Å². The van der Waals surface area contributed by atoms with Gasteiger partial charge in [-0.1, -0.05) is 13.0 Å². The van der Waals surface area contributed by atoms with Gasteiger partial charge in [0.05, 0.1) is 15.2 Å². The smallest absolute Gasteiger partial charge is 0.0982 e. The first-order valence-corrected chi connectivity index (χ1v) is 7.28. The van der Waals surface area contributed by atoms with Gasteiger partial charge in [-0.2, -0.15) is 0 Å². The van der Waals surface area contributed by atoms with Crippen molar-refractivity contribution < 1.29 is 0 Å². The lowest BCUT2D eigenvalue weighted by Gasteiger charge is -2.20. The molecule has 0 spiro atoms. The number of nitrogens with zero attached hydrogens (tertiary/aromatic N) is 1. The Bertz CT molecular complexity index is 512. The van der Waals surface area contributed by atoms with E-state index in [1.54, 1.807) is 0 Å². The van der Waals surface area contributed by atoms with Crippen molar-refractivity contribution >= 4 is 21.6 Å². The molecule has 0 aliphatic carbocycles. The molecule has 1 unspecified atom stereocenters. The second-order valence-electron chi connectivity index (χ2n) is 4.75. The van der Waals surface area contributed by atoms with Crippen molar-refractivity contribution in [3.05, 3.63) is 28.8 Å². The average Bonchev–Trinajstić information content (AvgIpc) is 2.82. The number of aromatic nitrogens is 1. The molecule has 0 bridgehead atoms. The number of thiazole rings is 1. The SMILES string of the molecule is CCc1ccc2nc(C3CCCNC3)sc2c1. The van der Waals surface area contributed by atoms with Crippen LogP contribution in [0.4, 0.5) is 0 Å². The van der Waals surface area contributed by atoms with Gasteiger partial charge in [0.25, 0.3) is 0 Å². The minimum atomic E-state index is 0.631. The van der Waals surface area contributed by atoms with Crippen molar-refractivity contribution in [3.63, 3.8) is 0 Å². The van der Waals surface area contributed by atoms with Crippen LogP contribution in [0, 0.1) is 0 Å². The molecule has 1 atom stereocenters. The number of hydrogen-bond acceptors (Lipinski definition) is 3. The van der Waals surface area contributed by atoms with Gasteiger partial charge in [-0.15, -0.1) is 11.3 Å². The molecule has 0 amide bonds. The highest BCUT2D eigenvalue weighted by Crippen LogP contribution is 2.31. The summed E-state index contributed by atoms with van der Waals surface area (Å²) >= 11 is 1.88. The summed E-state index contributed by atoms with van der Waals surface area (Å²) in [6, 6.07) is 6.67. The maximum Gasteiger partial charge on any atom is 0.0982 e. The highest BCUT2D eigenvalue weighted by molar-refractivity contribution is 7.18. The number of aryl methyl sites for hydroxylation is 1.